The van der Waals surface area contributed by atoms with E-state index in [4.69, 9.17) is 4.42 Å². The third kappa shape index (κ3) is 1.98. The minimum Gasteiger partial charge on any atom is -0.422 e. The van der Waals surface area contributed by atoms with Gasteiger partial charge in [0.05, 0.1) is 5.39 Å². The standard InChI is InChI=1S/C18H14N4O3/c1-9-6-10-11(13(23)7-9)8-19-16-15(10)17(24)22(21-16)18-20-12-4-2-3-5-14(12)25-18/h2-5,8-9H,6-7H2,1H3,(H,19,21). The van der Waals surface area contributed by atoms with Crippen LogP contribution in [0.25, 0.3) is 28.1 Å². The number of para-hydroxylation sites is 2. The maximum atomic E-state index is 13.0. The van der Waals surface area contributed by atoms with Crippen LogP contribution in [0.3, 0.4) is 0 Å². The second-order valence-electron chi connectivity index (χ2n) is 6.53. The molecule has 3 heterocycles. The van der Waals surface area contributed by atoms with Gasteiger partial charge in [-0.3, -0.25) is 14.7 Å². The number of oxazole rings is 1. The van der Waals surface area contributed by atoms with Crippen LogP contribution in [0.5, 0.6) is 0 Å². The Morgan fingerprint density at radius 1 is 1.24 bits per heavy atom. The summed E-state index contributed by atoms with van der Waals surface area (Å²) in [5.41, 5.74) is 2.72. The van der Waals surface area contributed by atoms with Crippen LogP contribution in [0.4, 0.5) is 0 Å². The minimum absolute atomic E-state index is 0.0390. The second-order valence-corrected chi connectivity index (χ2v) is 6.53. The molecule has 0 spiro atoms. The number of nitrogens with one attached hydrogen (secondary N) is 1. The van der Waals surface area contributed by atoms with E-state index in [1.807, 2.05) is 25.1 Å². The van der Waals surface area contributed by atoms with Crippen LogP contribution < -0.4 is 5.56 Å². The van der Waals surface area contributed by atoms with E-state index >= 15 is 0 Å². The maximum Gasteiger partial charge on any atom is 0.325 e. The average Bonchev–Trinajstić information content (AvgIpc) is 3.15. The van der Waals surface area contributed by atoms with E-state index in [0.717, 1.165) is 5.56 Å². The lowest BCUT2D eigenvalue weighted by atomic mass is 9.84. The molecular weight excluding hydrogens is 320 g/mol. The van der Waals surface area contributed by atoms with Gasteiger partial charge in [0, 0.05) is 18.2 Å². The maximum absolute atomic E-state index is 13.0. The topological polar surface area (TPSA) is 93.8 Å². The summed E-state index contributed by atoms with van der Waals surface area (Å²) >= 11 is 0. The van der Waals surface area contributed by atoms with E-state index in [-0.39, 0.29) is 23.3 Å². The molecule has 1 aliphatic carbocycles. The van der Waals surface area contributed by atoms with Crippen molar-refractivity contribution < 1.29 is 9.21 Å². The van der Waals surface area contributed by atoms with Gasteiger partial charge >= 0.3 is 6.01 Å². The van der Waals surface area contributed by atoms with E-state index in [9.17, 15) is 9.59 Å². The minimum atomic E-state index is -0.298. The Kier molecular flexibility index (Phi) is 2.77. The molecule has 4 aromatic rings. The molecule has 1 aromatic carbocycles. The number of aromatic amines is 1. The number of Topliss-reactive ketones (excluding diaryl/α,β-unsaturated/α-hetero) is 1. The first-order valence-electron chi connectivity index (χ1n) is 8.13. The van der Waals surface area contributed by atoms with Crippen LogP contribution in [0.15, 0.2) is 39.7 Å². The van der Waals surface area contributed by atoms with Crippen molar-refractivity contribution in [3.8, 4) is 6.01 Å². The van der Waals surface area contributed by atoms with Gasteiger partial charge in [0.15, 0.2) is 17.0 Å². The molecule has 1 atom stereocenters. The number of benzene rings is 1. The molecular formula is C18H14N4O3. The number of carbonyl (C=O) groups excluding carboxylic acids is 1. The number of nitrogens with zero attached hydrogens (tertiary/aromatic N) is 3. The lowest BCUT2D eigenvalue weighted by molar-refractivity contribution is 0.0953. The number of fused-ring (bicyclic) bond motifs is 4. The molecule has 1 unspecified atom stereocenters. The molecule has 0 bridgehead atoms. The van der Waals surface area contributed by atoms with Crippen LogP contribution in [-0.2, 0) is 6.42 Å². The van der Waals surface area contributed by atoms with Gasteiger partial charge in [0.1, 0.15) is 5.52 Å². The van der Waals surface area contributed by atoms with Crippen LogP contribution in [0.2, 0.25) is 0 Å². The van der Waals surface area contributed by atoms with Gasteiger partial charge < -0.3 is 4.42 Å². The van der Waals surface area contributed by atoms with Crippen molar-refractivity contribution in [2.45, 2.75) is 19.8 Å². The molecule has 0 radical (unpaired) electrons. The number of pyridine rings is 1. The second kappa shape index (κ2) is 4.89. The highest BCUT2D eigenvalue weighted by Crippen LogP contribution is 2.29. The van der Waals surface area contributed by atoms with Crippen LogP contribution in [0, 0.1) is 5.92 Å². The SMILES string of the molecule is CC1CC(=O)c2cnc3[nH]n(-c4nc5ccccc5o4)c(=O)c3c2C1. The summed E-state index contributed by atoms with van der Waals surface area (Å²) in [6, 6.07) is 7.47. The molecule has 0 saturated heterocycles. The van der Waals surface area contributed by atoms with Crippen molar-refractivity contribution in [1.82, 2.24) is 19.7 Å². The van der Waals surface area contributed by atoms with Gasteiger partial charge in [-0.1, -0.05) is 19.1 Å². The van der Waals surface area contributed by atoms with Crippen LogP contribution in [-0.4, -0.2) is 25.5 Å². The summed E-state index contributed by atoms with van der Waals surface area (Å²) in [5.74, 6) is 0.245. The van der Waals surface area contributed by atoms with Crippen molar-refractivity contribution >= 4 is 27.9 Å². The normalized spacial score (nSPS) is 17.3. The first-order valence-corrected chi connectivity index (χ1v) is 8.13. The lowest BCUT2D eigenvalue weighted by Crippen LogP contribution is -2.21. The largest absolute Gasteiger partial charge is 0.422 e. The molecule has 0 fully saturated rings. The molecule has 25 heavy (non-hydrogen) atoms. The molecule has 7 nitrogen and oxygen atoms in total. The monoisotopic (exact) mass is 334 g/mol. The van der Waals surface area contributed by atoms with Gasteiger partial charge in [-0.2, -0.15) is 9.67 Å². The van der Waals surface area contributed by atoms with E-state index in [1.165, 1.54) is 4.68 Å². The zero-order valence-corrected chi connectivity index (χ0v) is 13.4. The van der Waals surface area contributed by atoms with Gasteiger partial charge in [0.25, 0.3) is 5.56 Å². The Morgan fingerprint density at radius 2 is 2.08 bits per heavy atom. The van der Waals surface area contributed by atoms with E-state index < -0.39 is 0 Å². The van der Waals surface area contributed by atoms with Crippen LogP contribution in [0.1, 0.15) is 29.3 Å². The number of carbonyl (C=O) groups is 1. The lowest BCUT2D eigenvalue weighted by Gasteiger charge is -2.19. The first-order chi connectivity index (χ1) is 12.1. The zero-order chi connectivity index (χ0) is 17.1. The predicted octanol–water partition coefficient (Wildman–Crippen LogP) is 2.62. The van der Waals surface area contributed by atoms with Crippen molar-refractivity contribution in [1.29, 1.82) is 0 Å². The number of H-pyrrole nitrogens is 1. The zero-order valence-electron chi connectivity index (χ0n) is 13.4. The van der Waals surface area contributed by atoms with Gasteiger partial charge in [-0.25, -0.2) is 4.98 Å². The number of aromatic nitrogens is 4. The molecule has 3 aromatic heterocycles. The average molecular weight is 334 g/mol. The number of hydrogen-bond acceptors (Lipinski definition) is 5. The fraction of sp³-hybridized carbons (Fsp3) is 0.222. The van der Waals surface area contributed by atoms with Crippen molar-refractivity contribution in [2.75, 3.05) is 0 Å². The summed E-state index contributed by atoms with van der Waals surface area (Å²) in [7, 11) is 0. The van der Waals surface area contributed by atoms with Crippen molar-refractivity contribution in [2.24, 2.45) is 5.92 Å². The summed E-state index contributed by atoms with van der Waals surface area (Å²) in [6.07, 6.45) is 2.73. The fourth-order valence-corrected chi connectivity index (χ4v) is 3.52. The summed E-state index contributed by atoms with van der Waals surface area (Å²) in [4.78, 5) is 33.8. The number of rotatable bonds is 1. The summed E-state index contributed by atoms with van der Waals surface area (Å²) < 4.78 is 6.93. The van der Waals surface area contributed by atoms with Gasteiger partial charge in [0.2, 0.25) is 0 Å². The summed E-state index contributed by atoms with van der Waals surface area (Å²) in [6.45, 7) is 2.01. The Bertz CT molecular complexity index is 1180. The Hall–Kier alpha value is -3.22. The molecule has 1 aliphatic rings. The molecule has 0 saturated carbocycles. The van der Waals surface area contributed by atoms with Gasteiger partial charge in [-0.15, -0.1) is 0 Å². The van der Waals surface area contributed by atoms with Crippen LogP contribution >= 0.6 is 0 Å². The Morgan fingerprint density at radius 3 is 2.92 bits per heavy atom. The van der Waals surface area contributed by atoms with E-state index in [1.54, 1.807) is 12.3 Å². The quantitative estimate of drug-likeness (QED) is 0.577. The third-order valence-corrected chi connectivity index (χ3v) is 4.68. The molecule has 124 valence electrons. The van der Waals surface area contributed by atoms with E-state index in [0.29, 0.717) is 40.5 Å². The number of hydrogen-bond donors (Lipinski definition) is 1. The highest BCUT2D eigenvalue weighted by molar-refractivity contribution is 6.02. The fourth-order valence-electron chi connectivity index (χ4n) is 3.52. The predicted molar refractivity (Wildman–Crippen MR) is 91.1 cm³/mol. The highest BCUT2D eigenvalue weighted by Gasteiger charge is 2.27. The third-order valence-electron chi connectivity index (χ3n) is 4.68. The number of ketones is 1. The molecule has 0 aliphatic heterocycles. The highest BCUT2D eigenvalue weighted by atomic mass is 16.4. The molecule has 1 N–H and O–H groups in total. The van der Waals surface area contributed by atoms with E-state index in [2.05, 4.69) is 15.1 Å². The van der Waals surface area contributed by atoms with Crippen molar-refractivity contribution in [3.05, 3.63) is 51.9 Å². The summed E-state index contributed by atoms with van der Waals surface area (Å²) in [5, 5.41) is 3.39. The first kappa shape index (κ1) is 14.2. The van der Waals surface area contributed by atoms with Gasteiger partial charge in [-0.05, 0) is 30.0 Å². The smallest absolute Gasteiger partial charge is 0.325 e. The Balaban J connectivity index is 1.78. The Labute approximate surface area is 141 Å². The molecule has 7 heteroatoms. The van der Waals surface area contributed by atoms with Crippen molar-refractivity contribution in [3.63, 3.8) is 0 Å². The molecule has 5 rings (SSSR count). The molecule has 0 amide bonds.